The van der Waals surface area contributed by atoms with Crippen molar-refractivity contribution in [2.45, 2.75) is 34.8 Å². The van der Waals surface area contributed by atoms with E-state index in [9.17, 15) is 18.0 Å². The topological polar surface area (TPSA) is 92.3 Å². The summed E-state index contributed by atoms with van der Waals surface area (Å²) in [7, 11) is -3.68. The predicted molar refractivity (Wildman–Crippen MR) is 124 cm³/mol. The number of hydrogen-bond acceptors (Lipinski definition) is 5. The van der Waals surface area contributed by atoms with Gasteiger partial charge in [0, 0.05) is 22.4 Å². The molecule has 0 aromatic heterocycles. The summed E-state index contributed by atoms with van der Waals surface area (Å²) in [6, 6.07) is 18.0. The van der Waals surface area contributed by atoms with Crippen molar-refractivity contribution in [3.8, 4) is 0 Å². The lowest BCUT2D eigenvalue weighted by atomic mass is 10.1. The van der Waals surface area contributed by atoms with Crippen LogP contribution in [0.4, 0.5) is 11.4 Å². The second-order valence-electron chi connectivity index (χ2n) is 7.31. The van der Waals surface area contributed by atoms with Gasteiger partial charge < -0.3 is 10.6 Å². The summed E-state index contributed by atoms with van der Waals surface area (Å²) in [5.74, 6) is -0.808. The van der Waals surface area contributed by atoms with Gasteiger partial charge in [-0.1, -0.05) is 43.3 Å². The Morgan fingerprint density at radius 2 is 1.87 bits per heavy atom. The maximum atomic E-state index is 12.8. The smallest absolute Gasteiger partial charge is 0.237 e. The maximum Gasteiger partial charge on any atom is 0.237 e. The van der Waals surface area contributed by atoms with Crippen molar-refractivity contribution in [3.63, 3.8) is 0 Å². The van der Waals surface area contributed by atoms with Gasteiger partial charge in [-0.25, -0.2) is 8.42 Å². The minimum absolute atomic E-state index is 0.0973. The summed E-state index contributed by atoms with van der Waals surface area (Å²) < 4.78 is 25.6. The van der Waals surface area contributed by atoms with E-state index in [1.807, 2.05) is 43.3 Å². The molecule has 0 unspecified atom stereocenters. The lowest BCUT2D eigenvalue weighted by Crippen LogP contribution is -2.28. The lowest BCUT2D eigenvalue weighted by molar-refractivity contribution is -0.116. The van der Waals surface area contributed by atoms with Gasteiger partial charge in [-0.05, 0) is 36.1 Å². The van der Waals surface area contributed by atoms with Gasteiger partial charge in [-0.2, -0.15) is 0 Å². The molecule has 1 heterocycles. The van der Waals surface area contributed by atoms with Crippen molar-refractivity contribution in [3.05, 3.63) is 60.7 Å². The van der Waals surface area contributed by atoms with E-state index in [-0.39, 0.29) is 34.1 Å². The summed E-state index contributed by atoms with van der Waals surface area (Å²) in [6.07, 6.45) is 0.531. The van der Waals surface area contributed by atoms with E-state index >= 15 is 0 Å². The minimum atomic E-state index is -3.68. The number of carbonyl (C=O) groups excluding carboxylic acids is 2. The van der Waals surface area contributed by atoms with E-state index in [4.69, 9.17) is 0 Å². The standard InChI is InChI=1S/C23H22N2O4S2/c1-2-20-23(27)25-19-14-16(10-11-21(19)30-20)31(28,29)13-12-22(26)24-18-9-5-7-15-6-3-4-8-17(15)18/h3-11,14,20H,2,12-13H2,1H3,(H,24,26)(H,25,27)/t20-/m0/s1. The predicted octanol–water partition coefficient (Wildman–Crippen LogP) is 4.47. The van der Waals surface area contributed by atoms with Crippen molar-refractivity contribution in [1.29, 1.82) is 0 Å². The normalized spacial score (nSPS) is 15.9. The number of sulfone groups is 1. The lowest BCUT2D eigenvalue weighted by Gasteiger charge is -2.23. The molecule has 0 bridgehead atoms. The van der Waals surface area contributed by atoms with Gasteiger partial charge in [0.05, 0.1) is 21.6 Å². The van der Waals surface area contributed by atoms with E-state index < -0.39 is 9.84 Å². The van der Waals surface area contributed by atoms with E-state index in [0.29, 0.717) is 17.8 Å². The Balaban J connectivity index is 1.45. The molecule has 8 heteroatoms. The Bertz CT molecular complexity index is 1270. The molecule has 0 saturated carbocycles. The second kappa shape index (κ2) is 8.72. The number of thioether (sulfide) groups is 1. The highest BCUT2D eigenvalue weighted by Crippen LogP contribution is 2.38. The Kier molecular flexibility index (Phi) is 6.02. The minimum Gasteiger partial charge on any atom is -0.325 e. The van der Waals surface area contributed by atoms with Gasteiger partial charge in [0.15, 0.2) is 9.84 Å². The van der Waals surface area contributed by atoms with Crippen molar-refractivity contribution < 1.29 is 18.0 Å². The Morgan fingerprint density at radius 3 is 2.68 bits per heavy atom. The molecule has 3 aromatic carbocycles. The van der Waals surface area contributed by atoms with Gasteiger partial charge in [0.25, 0.3) is 0 Å². The number of fused-ring (bicyclic) bond motifs is 2. The summed E-state index contributed by atoms with van der Waals surface area (Å²) in [5.41, 5.74) is 1.15. The van der Waals surface area contributed by atoms with Crippen molar-refractivity contribution in [2.24, 2.45) is 0 Å². The fourth-order valence-electron chi connectivity index (χ4n) is 3.48. The highest BCUT2D eigenvalue weighted by molar-refractivity contribution is 8.01. The van der Waals surface area contributed by atoms with E-state index in [0.717, 1.165) is 15.7 Å². The zero-order valence-corrected chi connectivity index (χ0v) is 18.6. The van der Waals surface area contributed by atoms with Gasteiger partial charge in [-0.3, -0.25) is 9.59 Å². The number of hydrogen-bond donors (Lipinski definition) is 2. The van der Waals surface area contributed by atoms with Crippen LogP contribution in [-0.2, 0) is 19.4 Å². The van der Waals surface area contributed by atoms with Gasteiger partial charge in [0.1, 0.15) is 0 Å². The van der Waals surface area contributed by atoms with Gasteiger partial charge in [-0.15, -0.1) is 11.8 Å². The van der Waals surface area contributed by atoms with Crippen molar-refractivity contribution in [1.82, 2.24) is 0 Å². The van der Waals surface area contributed by atoms with Crippen LogP contribution in [0.1, 0.15) is 19.8 Å². The zero-order chi connectivity index (χ0) is 22.0. The monoisotopic (exact) mass is 454 g/mol. The Morgan fingerprint density at radius 1 is 1.10 bits per heavy atom. The van der Waals surface area contributed by atoms with Crippen LogP contribution in [0.3, 0.4) is 0 Å². The fourth-order valence-corrected chi connectivity index (χ4v) is 5.77. The molecule has 0 spiro atoms. The molecule has 1 aliphatic heterocycles. The van der Waals surface area contributed by atoms with Gasteiger partial charge in [0.2, 0.25) is 11.8 Å². The number of nitrogens with one attached hydrogen (secondary N) is 2. The molecule has 3 aromatic rings. The molecule has 0 aliphatic carbocycles. The number of anilines is 2. The zero-order valence-electron chi connectivity index (χ0n) is 16.9. The van der Waals surface area contributed by atoms with Crippen LogP contribution in [-0.4, -0.2) is 31.2 Å². The van der Waals surface area contributed by atoms with Crippen LogP contribution < -0.4 is 10.6 Å². The second-order valence-corrected chi connectivity index (χ2v) is 10.7. The molecule has 4 rings (SSSR count). The largest absolute Gasteiger partial charge is 0.325 e. The number of rotatable bonds is 6. The van der Waals surface area contributed by atoms with E-state index in [2.05, 4.69) is 10.6 Å². The summed E-state index contributed by atoms with van der Waals surface area (Å²) in [6.45, 7) is 1.93. The number of carbonyl (C=O) groups is 2. The summed E-state index contributed by atoms with van der Waals surface area (Å²) in [4.78, 5) is 25.5. The first kappa shape index (κ1) is 21.4. The molecule has 1 aliphatic rings. The Hall–Kier alpha value is -2.84. The highest BCUT2D eigenvalue weighted by atomic mass is 32.2. The first-order valence-electron chi connectivity index (χ1n) is 9.99. The first-order valence-corrected chi connectivity index (χ1v) is 12.5. The molecule has 160 valence electrons. The third-order valence-corrected chi connectivity index (χ3v) is 8.32. The van der Waals surface area contributed by atoms with Crippen molar-refractivity contribution in [2.75, 3.05) is 16.4 Å². The molecule has 31 heavy (non-hydrogen) atoms. The van der Waals surface area contributed by atoms with E-state index in [1.54, 1.807) is 12.1 Å². The number of amides is 2. The van der Waals surface area contributed by atoms with Crippen LogP contribution in [0, 0.1) is 0 Å². The maximum absolute atomic E-state index is 12.8. The molecular weight excluding hydrogens is 432 g/mol. The Labute approximate surface area is 185 Å². The molecule has 2 N–H and O–H groups in total. The average molecular weight is 455 g/mol. The molecular formula is C23H22N2O4S2. The number of benzene rings is 3. The van der Waals surface area contributed by atoms with Gasteiger partial charge >= 0.3 is 0 Å². The average Bonchev–Trinajstić information content (AvgIpc) is 2.77. The molecule has 2 amide bonds. The van der Waals surface area contributed by atoms with E-state index in [1.165, 1.54) is 23.9 Å². The third kappa shape index (κ3) is 4.60. The molecule has 0 radical (unpaired) electrons. The SMILES string of the molecule is CC[C@@H]1Sc2ccc(S(=O)(=O)CCC(=O)Nc3cccc4ccccc34)cc2NC1=O. The van der Waals surface area contributed by atoms with Crippen LogP contribution in [0.2, 0.25) is 0 Å². The molecule has 6 nitrogen and oxygen atoms in total. The van der Waals surface area contributed by atoms with Crippen LogP contribution in [0.5, 0.6) is 0 Å². The first-order chi connectivity index (χ1) is 14.9. The van der Waals surface area contributed by atoms with Crippen LogP contribution >= 0.6 is 11.8 Å². The molecule has 1 atom stereocenters. The van der Waals surface area contributed by atoms with Crippen LogP contribution in [0.25, 0.3) is 10.8 Å². The summed E-state index contributed by atoms with van der Waals surface area (Å²) in [5, 5.41) is 7.31. The summed E-state index contributed by atoms with van der Waals surface area (Å²) >= 11 is 1.43. The third-order valence-electron chi connectivity index (χ3n) is 5.16. The van der Waals surface area contributed by atoms with Crippen LogP contribution in [0.15, 0.2) is 70.5 Å². The highest BCUT2D eigenvalue weighted by Gasteiger charge is 2.27. The molecule has 0 fully saturated rings. The molecule has 0 saturated heterocycles. The van der Waals surface area contributed by atoms with Crippen molar-refractivity contribution >= 4 is 55.6 Å². The quantitative estimate of drug-likeness (QED) is 0.574. The fraction of sp³-hybridized carbons (Fsp3) is 0.217.